The largest absolute Gasteiger partial charge is 0.383 e. The molecule has 0 radical (unpaired) electrons. The second kappa shape index (κ2) is 6.49. The zero-order valence-electron chi connectivity index (χ0n) is 13.8. The topological polar surface area (TPSA) is 38.3 Å². The van der Waals surface area contributed by atoms with Crippen LogP contribution in [0, 0.1) is 11.3 Å². The number of thiophene rings is 1. The van der Waals surface area contributed by atoms with Gasteiger partial charge in [-0.05, 0) is 49.1 Å². The highest BCUT2D eigenvalue weighted by atomic mass is 32.1. The van der Waals surface area contributed by atoms with Gasteiger partial charge in [0.2, 0.25) is 0 Å². The molecule has 0 aliphatic heterocycles. The number of carbonyl (C=O) groups is 1. The number of aryl methyl sites for hydroxylation is 1. The van der Waals surface area contributed by atoms with Gasteiger partial charge in [0, 0.05) is 18.0 Å². The predicted octanol–water partition coefficient (Wildman–Crippen LogP) is 3.66. The molecule has 1 heterocycles. The minimum atomic E-state index is 0.0336. The Hall–Kier alpha value is -0.870. The Morgan fingerprint density at radius 2 is 2.24 bits per heavy atom. The molecule has 1 aromatic rings. The van der Waals surface area contributed by atoms with Crippen molar-refractivity contribution < 1.29 is 9.53 Å². The minimum Gasteiger partial charge on any atom is -0.383 e. The molecule has 1 aromatic heterocycles. The fourth-order valence-corrected chi connectivity index (χ4v) is 4.07. The van der Waals surface area contributed by atoms with Crippen LogP contribution in [0.4, 0.5) is 0 Å². The van der Waals surface area contributed by atoms with Gasteiger partial charge in [-0.2, -0.15) is 0 Å². The van der Waals surface area contributed by atoms with Crippen molar-refractivity contribution in [2.24, 2.45) is 11.3 Å². The van der Waals surface area contributed by atoms with Crippen molar-refractivity contribution in [1.82, 2.24) is 5.32 Å². The fourth-order valence-electron chi connectivity index (χ4n) is 2.96. The van der Waals surface area contributed by atoms with Crippen molar-refractivity contribution in [1.29, 1.82) is 0 Å². The van der Waals surface area contributed by atoms with E-state index >= 15 is 0 Å². The first-order valence-corrected chi connectivity index (χ1v) is 8.54. The van der Waals surface area contributed by atoms with Gasteiger partial charge in [-0.25, -0.2) is 0 Å². The normalized spacial score (nSPS) is 20.0. The summed E-state index contributed by atoms with van der Waals surface area (Å²) in [7, 11) is 1.65. The number of amides is 1. The first-order valence-electron chi connectivity index (χ1n) is 7.72. The highest BCUT2D eigenvalue weighted by Crippen LogP contribution is 2.40. The maximum absolute atomic E-state index is 12.3. The number of carbonyl (C=O) groups excluding carboxylic acids is 1. The molecule has 2 rings (SSSR count). The van der Waals surface area contributed by atoms with E-state index in [1.807, 2.05) is 6.92 Å². The van der Waals surface area contributed by atoms with Crippen LogP contribution in [0.25, 0.3) is 0 Å². The molecule has 3 nitrogen and oxygen atoms in total. The highest BCUT2D eigenvalue weighted by molar-refractivity contribution is 7.14. The van der Waals surface area contributed by atoms with E-state index in [0.717, 1.165) is 17.7 Å². The van der Waals surface area contributed by atoms with Gasteiger partial charge in [0.1, 0.15) is 0 Å². The SMILES string of the molecule is COCC(C)NC(=O)c1cc2c(s1)CCC(C(C)(C)C)C2. The van der Waals surface area contributed by atoms with E-state index in [-0.39, 0.29) is 11.9 Å². The summed E-state index contributed by atoms with van der Waals surface area (Å²) in [5.41, 5.74) is 1.73. The molecule has 0 aromatic carbocycles. The molecule has 1 N–H and O–H groups in total. The quantitative estimate of drug-likeness (QED) is 0.921. The van der Waals surface area contributed by atoms with Crippen molar-refractivity contribution in [2.45, 2.75) is 53.0 Å². The maximum Gasteiger partial charge on any atom is 0.261 e. The third-order valence-electron chi connectivity index (χ3n) is 4.33. The van der Waals surface area contributed by atoms with Crippen molar-refractivity contribution in [3.05, 3.63) is 21.4 Å². The third-order valence-corrected chi connectivity index (χ3v) is 5.56. The van der Waals surface area contributed by atoms with Crippen LogP contribution < -0.4 is 5.32 Å². The lowest BCUT2D eigenvalue weighted by molar-refractivity contribution is 0.0909. The van der Waals surface area contributed by atoms with Crippen molar-refractivity contribution in [2.75, 3.05) is 13.7 Å². The second-order valence-electron chi connectivity index (χ2n) is 7.19. The molecule has 118 valence electrons. The van der Waals surface area contributed by atoms with Gasteiger partial charge in [-0.1, -0.05) is 20.8 Å². The molecule has 0 bridgehead atoms. The summed E-state index contributed by atoms with van der Waals surface area (Å²) >= 11 is 1.66. The number of methoxy groups -OCH3 is 1. The van der Waals surface area contributed by atoms with Gasteiger partial charge < -0.3 is 10.1 Å². The molecule has 0 saturated heterocycles. The van der Waals surface area contributed by atoms with Gasteiger partial charge in [0.15, 0.2) is 0 Å². The molecule has 21 heavy (non-hydrogen) atoms. The summed E-state index contributed by atoms with van der Waals surface area (Å²) in [5.74, 6) is 0.745. The lowest BCUT2D eigenvalue weighted by Gasteiger charge is -2.33. The van der Waals surface area contributed by atoms with Crippen molar-refractivity contribution >= 4 is 17.2 Å². The highest BCUT2D eigenvalue weighted by Gasteiger charge is 2.30. The van der Waals surface area contributed by atoms with E-state index in [2.05, 4.69) is 32.2 Å². The van der Waals surface area contributed by atoms with Crippen LogP contribution in [-0.2, 0) is 17.6 Å². The van der Waals surface area contributed by atoms with E-state index in [1.165, 1.54) is 16.9 Å². The van der Waals surface area contributed by atoms with Crippen LogP contribution in [0.5, 0.6) is 0 Å². The first kappa shape index (κ1) is 16.5. The summed E-state index contributed by atoms with van der Waals surface area (Å²) in [6.07, 6.45) is 3.46. The molecule has 1 aliphatic rings. The van der Waals surface area contributed by atoms with Crippen LogP contribution in [-0.4, -0.2) is 25.7 Å². The van der Waals surface area contributed by atoms with Gasteiger partial charge in [0.25, 0.3) is 5.91 Å². The average Bonchev–Trinajstić information content (AvgIpc) is 2.80. The summed E-state index contributed by atoms with van der Waals surface area (Å²) in [6, 6.07) is 2.15. The number of hydrogen-bond donors (Lipinski definition) is 1. The van der Waals surface area contributed by atoms with Gasteiger partial charge in [-0.15, -0.1) is 11.3 Å². The summed E-state index contributed by atoms with van der Waals surface area (Å²) in [6.45, 7) is 9.45. The maximum atomic E-state index is 12.3. The Morgan fingerprint density at radius 1 is 1.52 bits per heavy atom. The Bertz CT molecular complexity index is 501. The Morgan fingerprint density at radius 3 is 2.86 bits per heavy atom. The summed E-state index contributed by atoms with van der Waals surface area (Å²) in [5, 5.41) is 2.99. The lowest BCUT2D eigenvalue weighted by Crippen LogP contribution is -2.35. The number of ether oxygens (including phenoxy) is 1. The third kappa shape index (κ3) is 4.07. The molecular weight excluding hydrogens is 282 g/mol. The Balaban J connectivity index is 2.06. The molecule has 1 amide bonds. The van der Waals surface area contributed by atoms with Crippen LogP contribution in [0.2, 0.25) is 0 Å². The zero-order valence-corrected chi connectivity index (χ0v) is 14.6. The van der Waals surface area contributed by atoms with Crippen LogP contribution >= 0.6 is 11.3 Å². The number of hydrogen-bond acceptors (Lipinski definition) is 3. The van der Waals surface area contributed by atoms with E-state index in [0.29, 0.717) is 17.9 Å². The standard InChI is InChI=1S/C17H27NO2S/c1-11(10-20-5)18-16(19)15-9-12-8-13(17(2,3)4)6-7-14(12)21-15/h9,11,13H,6-8,10H2,1-5H3,(H,18,19). The molecule has 0 saturated carbocycles. The summed E-state index contributed by atoms with van der Waals surface area (Å²) < 4.78 is 5.06. The lowest BCUT2D eigenvalue weighted by atomic mass is 9.72. The number of rotatable bonds is 4. The molecular formula is C17H27NO2S. The van der Waals surface area contributed by atoms with Crippen molar-refractivity contribution in [3.8, 4) is 0 Å². The minimum absolute atomic E-state index is 0.0336. The molecule has 2 unspecified atom stereocenters. The Labute approximate surface area is 132 Å². The molecule has 1 aliphatic carbocycles. The van der Waals surface area contributed by atoms with E-state index in [9.17, 15) is 4.79 Å². The fraction of sp³-hybridized carbons (Fsp3) is 0.706. The van der Waals surface area contributed by atoms with Gasteiger partial charge >= 0.3 is 0 Å². The Kier molecular flexibility index (Phi) is 5.10. The second-order valence-corrected chi connectivity index (χ2v) is 8.33. The van der Waals surface area contributed by atoms with Gasteiger partial charge in [-0.3, -0.25) is 4.79 Å². The average molecular weight is 309 g/mol. The van der Waals surface area contributed by atoms with E-state index in [4.69, 9.17) is 4.74 Å². The predicted molar refractivity (Wildman–Crippen MR) is 88.1 cm³/mol. The number of nitrogens with one attached hydrogen (secondary N) is 1. The molecule has 2 atom stereocenters. The molecule has 0 fully saturated rings. The van der Waals surface area contributed by atoms with Crippen molar-refractivity contribution in [3.63, 3.8) is 0 Å². The number of fused-ring (bicyclic) bond motifs is 1. The first-order chi connectivity index (χ1) is 9.81. The van der Waals surface area contributed by atoms with Crippen LogP contribution in [0.3, 0.4) is 0 Å². The molecule has 0 spiro atoms. The smallest absolute Gasteiger partial charge is 0.261 e. The zero-order chi connectivity index (χ0) is 15.6. The monoisotopic (exact) mass is 309 g/mol. The van der Waals surface area contributed by atoms with E-state index < -0.39 is 0 Å². The van der Waals surface area contributed by atoms with E-state index in [1.54, 1.807) is 18.4 Å². The van der Waals surface area contributed by atoms with Gasteiger partial charge in [0.05, 0.1) is 11.5 Å². The van der Waals surface area contributed by atoms with Crippen LogP contribution in [0.15, 0.2) is 6.07 Å². The molecule has 4 heteroatoms. The summed E-state index contributed by atoms with van der Waals surface area (Å²) in [4.78, 5) is 14.5. The van der Waals surface area contributed by atoms with Crippen LogP contribution in [0.1, 0.15) is 54.2 Å².